The first-order valence-corrected chi connectivity index (χ1v) is 18.5. The van der Waals surface area contributed by atoms with Crippen molar-refractivity contribution >= 4 is 87.0 Å². The van der Waals surface area contributed by atoms with Crippen molar-refractivity contribution in [2.75, 3.05) is 0 Å². The van der Waals surface area contributed by atoms with Crippen LogP contribution in [0.4, 0.5) is 0 Å². The Labute approximate surface area is 310 Å². The molecule has 0 aliphatic carbocycles. The molecule has 12 rings (SSSR count). The second-order valence-corrected chi connectivity index (χ2v) is 14.4. The number of fused-ring (bicyclic) bond motifs is 10. The van der Waals surface area contributed by atoms with Crippen LogP contribution in [-0.2, 0) is 0 Å². The first-order valence-electron chi connectivity index (χ1n) is 18.5. The minimum Gasteiger partial charge on any atom is -0.455 e. The van der Waals surface area contributed by atoms with E-state index in [-0.39, 0.29) is 0 Å². The standard InChI is InChI=1S/C52H30O2/c1-2-12-31(13-3-1)34-22-23-36-27-37(25-24-35(36)26-34)48-39-17-6-8-19-41(39)49(42-20-9-7-18-40(42)48)50-51-44(38-16-10-11-21-46(38)53-51)30-45-43-28-32-14-4-5-15-33(32)29-47(43)54-52(45)50/h1-30H. The number of furan rings is 2. The van der Waals surface area contributed by atoms with Gasteiger partial charge in [0.05, 0.1) is 5.56 Å². The van der Waals surface area contributed by atoms with Gasteiger partial charge < -0.3 is 8.83 Å². The normalized spacial score (nSPS) is 12.1. The largest absolute Gasteiger partial charge is 0.455 e. The van der Waals surface area contributed by atoms with Crippen LogP contribution in [0.25, 0.3) is 120 Å². The lowest BCUT2D eigenvalue weighted by molar-refractivity contribution is 0.658. The van der Waals surface area contributed by atoms with Crippen molar-refractivity contribution in [2.24, 2.45) is 0 Å². The van der Waals surface area contributed by atoms with E-state index in [1.165, 1.54) is 49.2 Å². The molecule has 0 atom stereocenters. The Morgan fingerprint density at radius 2 is 0.741 bits per heavy atom. The van der Waals surface area contributed by atoms with Crippen molar-refractivity contribution < 1.29 is 8.83 Å². The molecule has 10 aromatic carbocycles. The van der Waals surface area contributed by atoms with E-state index in [0.717, 1.165) is 71.2 Å². The van der Waals surface area contributed by atoms with Gasteiger partial charge in [-0.25, -0.2) is 0 Å². The van der Waals surface area contributed by atoms with E-state index in [4.69, 9.17) is 8.83 Å². The fraction of sp³-hybridized carbons (Fsp3) is 0. The molecule has 2 heteroatoms. The van der Waals surface area contributed by atoms with Gasteiger partial charge in [0, 0.05) is 27.1 Å². The SMILES string of the molecule is c1ccc(-c2ccc3cc(-c4c5ccccc5c(-c5c6oc7ccccc7c6cc6c5oc5cc7ccccc7cc56)c5ccccc45)ccc3c2)cc1. The predicted octanol–water partition coefficient (Wildman–Crippen LogP) is 15.1. The van der Waals surface area contributed by atoms with Crippen LogP contribution in [0.3, 0.4) is 0 Å². The molecule has 2 heterocycles. The number of para-hydroxylation sites is 1. The van der Waals surface area contributed by atoms with Crippen LogP contribution in [0.15, 0.2) is 191 Å². The Balaban J connectivity index is 1.19. The van der Waals surface area contributed by atoms with E-state index in [2.05, 4.69) is 176 Å². The fourth-order valence-electron chi connectivity index (χ4n) is 8.92. The van der Waals surface area contributed by atoms with Gasteiger partial charge in [-0.05, 0) is 102 Å². The minimum absolute atomic E-state index is 0.842. The van der Waals surface area contributed by atoms with Crippen LogP contribution in [0, 0.1) is 0 Å². The average Bonchev–Trinajstić information content (AvgIpc) is 3.78. The lowest BCUT2D eigenvalue weighted by atomic mass is 9.84. The Kier molecular flexibility index (Phi) is 6.09. The van der Waals surface area contributed by atoms with Crippen molar-refractivity contribution in [3.63, 3.8) is 0 Å². The number of benzene rings is 10. The van der Waals surface area contributed by atoms with Gasteiger partial charge >= 0.3 is 0 Å². The smallest absolute Gasteiger partial charge is 0.147 e. The average molecular weight is 687 g/mol. The third-order valence-electron chi connectivity index (χ3n) is 11.4. The highest BCUT2D eigenvalue weighted by Crippen LogP contribution is 2.51. The van der Waals surface area contributed by atoms with E-state index in [9.17, 15) is 0 Å². The molecule has 0 saturated heterocycles. The second kappa shape index (κ2) is 11.2. The minimum atomic E-state index is 0.842. The zero-order chi connectivity index (χ0) is 35.3. The van der Waals surface area contributed by atoms with Crippen LogP contribution in [-0.4, -0.2) is 0 Å². The summed E-state index contributed by atoms with van der Waals surface area (Å²) in [5, 5.41) is 13.9. The summed E-state index contributed by atoms with van der Waals surface area (Å²) in [6, 6.07) is 65.5. The number of hydrogen-bond donors (Lipinski definition) is 0. The highest BCUT2D eigenvalue weighted by atomic mass is 16.3. The maximum absolute atomic E-state index is 6.99. The van der Waals surface area contributed by atoms with Crippen molar-refractivity contribution in [1.82, 2.24) is 0 Å². The third-order valence-corrected chi connectivity index (χ3v) is 11.4. The molecule has 0 N–H and O–H groups in total. The van der Waals surface area contributed by atoms with Gasteiger partial charge in [-0.15, -0.1) is 0 Å². The molecular formula is C52H30O2. The quantitative estimate of drug-likeness (QED) is 0.173. The molecule has 2 aromatic heterocycles. The highest BCUT2D eigenvalue weighted by molar-refractivity contribution is 6.30. The van der Waals surface area contributed by atoms with E-state index >= 15 is 0 Å². The van der Waals surface area contributed by atoms with Crippen molar-refractivity contribution in [3.05, 3.63) is 182 Å². The molecule has 0 saturated carbocycles. The zero-order valence-corrected chi connectivity index (χ0v) is 29.1. The molecule has 0 unspecified atom stereocenters. The van der Waals surface area contributed by atoms with Crippen LogP contribution < -0.4 is 0 Å². The molecule has 0 fully saturated rings. The lowest BCUT2D eigenvalue weighted by Crippen LogP contribution is -1.92. The first-order chi connectivity index (χ1) is 26.8. The van der Waals surface area contributed by atoms with Gasteiger partial charge in [-0.3, -0.25) is 0 Å². The molecular weight excluding hydrogens is 657 g/mol. The van der Waals surface area contributed by atoms with Gasteiger partial charge in [0.1, 0.15) is 22.3 Å². The van der Waals surface area contributed by atoms with Crippen LogP contribution in [0.2, 0.25) is 0 Å². The van der Waals surface area contributed by atoms with Gasteiger partial charge in [-0.2, -0.15) is 0 Å². The molecule has 12 aromatic rings. The Morgan fingerprint density at radius 3 is 1.44 bits per heavy atom. The summed E-state index contributed by atoms with van der Waals surface area (Å²) in [7, 11) is 0. The van der Waals surface area contributed by atoms with Gasteiger partial charge in [0.25, 0.3) is 0 Å². The summed E-state index contributed by atoms with van der Waals surface area (Å²) in [6.07, 6.45) is 0. The molecule has 54 heavy (non-hydrogen) atoms. The Bertz CT molecular complexity index is 3430. The lowest BCUT2D eigenvalue weighted by Gasteiger charge is -2.18. The van der Waals surface area contributed by atoms with Crippen LogP contribution >= 0.6 is 0 Å². The maximum Gasteiger partial charge on any atom is 0.147 e. The van der Waals surface area contributed by atoms with Gasteiger partial charge in [0.2, 0.25) is 0 Å². The van der Waals surface area contributed by atoms with E-state index in [0.29, 0.717) is 0 Å². The summed E-state index contributed by atoms with van der Waals surface area (Å²) < 4.78 is 13.9. The first kappa shape index (κ1) is 29.4. The van der Waals surface area contributed by atoms with E-state index < -0.39 is 0 Å². The topological polar surface area (TPSA) is 26.3 Å². The van der Waals surface area contributed by atoms with Crippen molar-refractivity contribution in [2.45, 2.75) is 0 Å². The molecule has 0 aliphatic heterocycles. The molecule has 0 spiro atoms. The van der Waals surface area contributed by atoms with E-state index in [1.54, 1.807) is 0 Å². The van der Waals surface area contributed by atoms with Crippen LogP contribution in [0.1, 0.15) is 0 Å². The maximum atomic E-state index is 6.99. The second-order valence-electron chi connectivity index (χ2n) is 14.4. The number of rotatable bonds is 3. The highest BCUT2D eigenvalue weighted by Gasteiger charge is 2.26. The molecule has 0 bridgehead atoms. The monoisotopic (exact) mass is 686 g/mol. The van der Waals surface area contributed by atoms with Crippen molar-refractivity contribution in [3.8, 4) is 33.4 Å². The van der Waals surface area contributed by atoms with Gasteiger partial charge in [-0.1, -0.05) is 146 Å². The molecule has 0 radical (unpaired) electrons. The summed E-state index contributed by atoms with van der Waals surface area (Å²) in [4.78, 5) is 0. The summed E-state index contributed by atoms with van der Waals surface area (Å²) >= 11 is 0. The Morgan fingerprint density at radius 1 is 0.241 bits per heavy atom. The predicted molar refractivity (Wildman–Crippen MR) is 227 cm³/mol. The fourth-order valence-corrected chi connectivity index (χ4v) is 8.92. The van der Waals surface area contributed by atoms with E-state index in [1.807, 2.05) is 6.07 Å². The summed E-state index contributed by atoms with van der Waals surface area (Å²) in [5.41, 5.74) is 10.4. The van der Waals surface area contributed by atoms with Gasteiger partial charge in [0.15, 0.2) is 0 Å². The Hall–Kier alpha value is -7.16. The third kappa shape index (κ3) is 4.22. The molecule has 0 aliphatic rings. The zero-order valence-electron chi connectivity index (χ0n) is 29.1. The molecule has 250 valence electrons. The summed E-state index contributed by atoms with van der Waals surface area (Å²) in [5.74, 6) is 0. The number of hydrogen-bond acceptors (Lipinski definition) is 2. The molecule has 0 amide bonds. The summed E-state index contributed by atoms with van der Waals surface area (Å²) in [6.45, 7) is 0. The molecule has 2 nitrogen and oxygen atoms in total. The van der Waals surface area contributed by atoms with Crippen LogP contribution in [0.5, 0.6) is 0 Å². The van der Waals surface area contributed by atoms with Crippen molar-refractivity contribution in [1.29, 1.82) is 0 Å².